The molecular weight excluding hydrogens is 264 g/mol. The number of nitrogens with two attached hydrogens (primary N) is 1. The average Bonchev–Trinajstić information content (AvgIpc) is 2.26. The van der Waals surface area contributed by atoms with Crippen LogP contribution in [0.15, 0.2) is 0 Å². The van der Waals surface area contributed by atoms with Crippen LogP contribution in [0.5, 0.6) is 0 Å². The minimum Gasteiger partial charge on any atom is -0.444 e. The topological polar surface area (TPSA) is 64.8 Å². The number of carbonyl (C=O) groups excluding carboxylic acids is 1. The third kappa shape index (κ3) is 6.73. The number of likely N-dealkylation sites (tertiary alicyclic amines) is 1. The molecule has 110 valence electrons. The van der Waals surface area contributed by atoms with Crippen LogP contribution in [-0.2, 0) is 9.47 Å². The predicted molar refractivity (Wildman–Crippen MR) is 78.1 cm³/mol. The molecule has 0 aromatic carbocycles. The highest BCUT2D eigenvalue weighted by atomic mass is 32.1. The summed E-state index contributed by atoms with van der Waals surface area (Å²) in [6.45, 7) is 7.93. The van der Waals surface area contributed by atoms with Gasteiger partial charge >= 0.3 is 6.09 Å². The first-order valence-electron chi connectivity index (χ1n) is 6.62. The van der Waals surface area contributed by atoms with Crippen LogP contribution in [0, 0.1) is 5.92 Å². The van der Waals surface area contributed by atoms with Crippen LogP contribution in [0.25, 0.3) is 0 Å². The molecule has 6 heteroatoms. The van der Waals surface area contributed by atoms with Crippen molar-refractivity contribution >= 4 is 23.3 Å². The van der Waals surface area contributed by atoms with Gasteiger partial charge in [0.05, 0.1) is 18.2 Å². The van der Waals surface area contributed by atoms with Gasteiger partial charge in [-0.1, -0.05) is 12.2 Å². The minimum absolute atomic E-state index is 0.244. The second-order valence-corrected chi connectivity index (χ2v) is 6.44. The first-order valence-corrected chi connectivity index (χ1v) is 7.03. The fraction of sp³-hybridized carbons (Fsp3) is 0.846. The van der Waals surface area contributed by atoms with Gasteiger partial charge in [-0.05, 0) is 33.6 Å². The van der Waals surface area contributed by atoms with E-state index >= 15 is 0 Å². The highest BCUT2D eigenvalue weighted by Crippen LogP contribution is 2.19. The summed E-state index contributed by atoms with van der Waals surface area (Å²) in [5.74, 6) is 0.329. The van der Waals surface area contributed by atoms with Crippen molar-refractivity contribution in [3.63, 3.8) is 0 Å². The van der Waals surface area contributed by atoms with Crippen LogP contribution in [0.1, 0.15) is 33.6 Å². The number of piperidine rings is 1. The minimum atomic E-state index is -0.452. The Labute approximate surface area is 120 Å². The first-order chi connectivity index (χ1) is 8.78. The fourth-order valence-corrected chi connectivity index (χ4v) is 2.10. The van der Waals surface area contributed by atoms with Crippen molar-refractivity contribution in [2.45, 2.75) is 39.2 Å². The Balaban J connectivity index is 2.37. The Morgan fingerprint density at radius 1 is 1.47 bits per heavy atom. The summed E-state index contributed by atoms with van der Waals surface area (Å²) in [6.07, 6.45) is 1.78. The van der Waals surface area contributed by atoms with Gasteiger partial charge in [0.25, 0.3) is 0 Å². The highest BCUT2D eigenvalue weighted by molar-refractivity contribution is 7.80. The van der Waals surface area contributed by atoms with E-state index in [4.69, 9.17) is 27.4 Å². The predicted octanol–water partition coefficient (Wildman–Crippen LogP) is 1.94. The molecule has 1 rings (SSSR count). The Morgan fingerprint density at radius 3 is 2.74 bits per heavy atom. The van der Waals surface area contributed by atoms with E-state index in [-0.39, 0.29) is 6.09 Å². The molecule has 5 nitrogen and oxygen atoms in total. The lowest BCUT2D eigenvalue weighted by Crippen LogP contribution is -2.44. The zero-order chi connectivity index (χ0) is 14.5. The van der Waals surface area contributed by atoms with Gasteiger partial charge < -0.3 is 20.1 Å². The molecule has 0 aromatic rings. The summed E-state index contributed by atoms with van der Waals surface area (Å²) in [5.41, 5.74) is 4.92. The molecule has 1 aliphatic rings. The summed E-state index contributed by atoms with van der Waals surface area (Å²) in [5, 5.41) is 0. The smallest absolute Gasteiger partial charge is 0.410 e. The molecule has 1 heterocycles. The van der Waals surface area contributed by atoms with Gasteiger partial charge in [0.15, 0.2) is 0 Å². The SMILES string of the molecule is CC(C)(C)OC(=O)N1CCC[C@H](COCC(N)=S)C1. The maximum absolute atomic E-state index is 12.0. The largest absolute Gasteiger partial charge is 0.444 e. The maximum atomic E-state index is 12.0. The van der Waals surface area contributed by atoms with Gasteiger partial charge in [-0.2, -0.15) is 0 Å². The Kier molecular flexibility index (Phi) is 6.00. The lowest BCUT2D eigenvalue weighted by molar-refractivity contribution is 0.00977. The van der Waals surface area contributed by atoms with E-state index in [2.05, 4.69) is 0 Å². The van der Waals surface area contributed by atoms with E-state index in [1.807, 2.05) is 20.8 Å². The molecule has 1 amide bonds. The van der Waals surface area contributed by atoms with Crippen LogP contribution in [0.4, 0.5) is 4.79 Å². The van der Waals surface area contributed by atoms with Gasteiger partial charge in [-0.15, -0.1) is 0 Å². The summed E-state index contributed by atoms with van der Waals surface area (Å²) in [4.78, 5) is 14.1. The molecule has 0 radical (unpaired) electrons. The molecule has 1 atom stereocenters. The molecule has 1 saturated heterocycles. The van der Waals surface area contributed by atoms with E-state index in [1.165, 1.54) is 0 Å². The standard InChI is InChI=1S/C13H24N2O3S/c1-13(2,3)18-12(16)15-6-4-5-10(7-15)8-17-9-11(14)19/h10H,4-9H2,1-3H3,(H2,14,19)/t10-/m0/s1. The van der Waals surface area contributed by atoms with E-state index < -0.39 is 5.60 Å². The van der Waals surface area contributed by atoms with E-state index in [0.29, 0.717) is 30.7 Å². The Morgan fingerprint density at radius 2 is 2.16 bits per heavy atom. The van der Waals surface area contributed by atoms with Gasteiger partial charge in [-0.3, -0.25) is 0 Å². The summed E-state index contributed by atoms with van der Waals surface area (Å²) in [6, 6.07) is 0. The van der Waals surface area contributed by atoms with Crippen molar-refractivity contribution < 1.29 is 14.3 Å². The summed E-state index contributed by atoms with van der Waals surface area (Å²) < 4.78 is 10.8. The number of hydrogen-bond acceptors (Lipinski definition) is 4. The molecule has 0 aliphatic carbocycles. The average molecular weight is 288 g/mol. The molecule has 1 aliphatic heterocycles. The normalized spacial score (nSPS) is 20.2. The molecular formula is C13H24N2O3S. The molecule has 0 saturated carbocycles. The first kappa shape index (κ1) is 16.2. The van der Waals surface area contributed by atoms with Crippen molar-refractivity contribution in [3.05, 3.63) is 0 Å². The number of hydrogen-bond donors (Lipinski definition) is 1. The van der Waals surface area contributed by atoms with E-state index in [9.17, 15) is 4.79 Å². The number of ether oxygens (including phenoxy) is 2. The van der Waals surface area contributed by atoms with E-state index in [1.54, 1.807) is 4.90 Å². The molecule has 0 unspecified atom stereocenters. The second kappa shape index (κ2) is 7.05. The van der Waals surface area contributed by atoms with Crippen molar-refractivity contribution in [1.82, 2.24) is 4.90 Å². The molecule has 0 bridgehead atoms. The fourth-order valence-electron chi connectivity index (χ4n) is 2.02. The highest BCUT2D eigenvalue weighted by Gasteiger charge is 2.27. The number of amides is 1. The van der Waals surface area contributed by atoms with Gasteiger partial charge in [0, 0.05) is 19.0 Å². The van der Waals surface area contributed by atoms with Crippen LogP contribution in [-0.4, -0.2) is 47.9 Å². The van der Waals surface area contributed by atoms with Gasteiger partial charge in [0.1, 0.15) is 5.60 Å². The maximum Gasteiger partial charge on any atom is 0.410 e. The van der Waals surface area contributed by atoms with Gasteiger partial charge in [-0.25, -0.2) is 4.79 Å². The van der Waals surface area contributed by atoms with Crippen molar-refractivity contribution in [2.24, 2.45) is 11.7 Å². The number of carbonyl (C=O) groups is 1. The summed E-state index contributed by atoms with van der Waals surface area (Å²) in [7, 11) is 0. The molecule has 1 fully saturated rings. The molecule has 2 N–H and O–H groups in total. The van der Waals surface area contributed by atoms with E-state index in [0.717, 1.165) is 19.4 Å². The van der Waals surface area contributed by atoms with Crippen molar-refractivity contribution in [1.29, 1.82) is 0 Å². The molecule has 0 spiro atoms. The molecule has 0 aromatic heterocycles. The summed E-state index contributed by atoms with van der Waals surface area (Å²) >= 11 is 4.76. The van der Waals surface area contributed by atoms with Crippen LogP contribution in [0.3, 0.4) is 0 Å². The van der Waals surface area contributed by atoms with Crippen LogP contribution >= 0.6 is 12.2 Å². The zero-order valence-electron chi connectivity index (χ0n) is 12.0. The van der Waals surface area contributed by atoms with Crippen molar-refractivity contribution in [3.8, 4) is 0 Å². The molecule has 19 heavy (non-hydrogen) atoms. The van der Waals surface area contributed by atoms with Gasteiger partial charge in [0.2, 0.25) is 0 Å². The third-order valence-corrected chi connectivity index (χ3v) is 2.89. The van der Waals surface area contributed by atoms with Crippen LogP contribution < -0.4 is 5.73 Å². The zero-order valence-corrected chi connectivity index (χ0v) is 12.8. The number of rotatable bonds is 4. The van der Waals surface area contributed by atoms with Crippen molar-refractivity contribution in [2.75, 3.05) is 26.3 Å². The third-order valence-electron chi connectivity index (χ3n) is 2.77. The second-order valence-electron chi connectivity index (χ2n) is 5.92. The Hall–Kier alpha value is -0.880. The van der Waals surface area contributed by atoms with Crippen LogP contribution in [0.2, 0.25) is 0 Å². The quantitative estimate of drug-likeness (QED) is 0.801. The number of thiocarbonyl (C=S) groups is 1. The Bertz CT molecular complexity index is 328. The monoisotopic (exact) mass is 288 g/mol. The number of nitrogens with zero attached hydrogens (tertiary/aromatic N) is 1. The lowest BCUT2D eigenvalue weighted by atomic mass is 9.99. The lowest BCUT2D eigenvalue weighted by Gasteiger charge is -2.34.